The number of carbonyl (C=O) groups excluding carboxylic acids is 1. The van der Waals surface area contributed by atoms with E-state index in [1.54, 1.807) is 24.3 Å². The molecule has 0 saturated heterocycles. The highest BCUT2D eigenvalue weighted by molar-refractivity contribution is 14.1. The first-order chi connectivity index (χ1) is 10.5. The second-order valence-electron chi connectivity index (χ2n) is 4.62. The van der Waals surface area contributed by atoms with Crippen molar-refractivity contribution < 1.29 is 18.7 Å². The van der Waals surface area contributed by atoms with Gasteiger partial charge in [0.25, 0.3) is 5.91 Å². The Morgan fingerprint density at radius 2 is 1.77 bits per heavy atom. The Bertz CT molecular complexity index is 719. The lowest BCUT2D eigenvalue weighted by Crippen LogP contribution is -2.15. The third-order valence-corrected chi connectivity index (χ3v) is 3.98. The van der Waals surface area contributed by atoms with Crippen molar-refractivity contribution in [3.63, 3.8) is 0 Å². The Morgan fingerprint density at radius 1 is 1.14 bits per heavy atom. The maximum Gasteiger partial charge on any atom is 0.256 e. The Hall–Kier alpha value is -1.83. The van der Waals surface area contributed by atoms with Gasteiger partial charge in [-0.15, -0.1) is 0 Å². The first-order valence-electron chi connectivity index (χ1n) is 6.45. The van der Waals surface area contributed by atoms with Gasteiger partial charge in [0, 0.05) is 3.57 Å². The van der Waals surface area contributed by atoms with Crippen molar-refractivity contribution in [1.29, 1.82) is 0 Å². The Labute approximate surface area is 141 Å². The van der Waals surface area contributed by atoms with Gasteiger partial charge in [-0.2, -0.15) is 0 Å². The van der Waals surface area contributed by atoms with Gasteiger partial charge in [0.1, 0.15) is 5.82 Å². The molecule has 0 aliphatic rings. The van der Waals surface area contributed by atoms with E-state index >= 15 is 0 Å². The van der Waals surface area contributed by atoms with Gasteiger partial charge in [-0.05, 0) is 59.3 Å². The maximum absolute atomic E-state index is 13.7. The van der Waals surface area contributed by atoms with Crippen LogP contribution in [-0.2, 0) is 0 Å². The number of nitrogens with one attached hydrogen (secondary N) is 1. The van der Waals surface area contributed by atoms with E-state index in [4.69, 9.17) is 9.47 Å². The number of carbonyl (C=O) groups is 1. The van der Waals surface area contributed by atoms with Gasteiger partial charge in [0.05, 0.1) is 25.5 Å². The van der Waals surface area contributed by atoms with Crippen LogP contribution in [0.5, 0.6) is 11.5 Å². The molecular formula is C16H15FINO3. The molecule has 0 aliphatic carbocycles. The minimum atomic E-state index is -0.477. The number of hydrogen-bond acceptors (Lipinski definition) is 3. The van der Waals surface area contributed by atoms with Crippen LogP contribution in [0, 0.1) is 16.3 Å². The van der Waals surface area contributed by atoms with Crippen LogP contribution in [0.25, 0.3) is 0 Å². The van der Waals surface area contributed by atoms with Crippen LogP contribution in [0.4, 0.5) is 10.1 Å². The van der Waals surface area contributed by atoms with Crippen LogP contribution in [0.2, 0.25) is 0 Å². The second-order valence-corrected chi connectivity index (χ2v) is 5.79. The minimum Gasteiger partial charge on any atom is -0.493 e. The third-order valence-electron chi connectivity index (χ3n) is 3.09. The van der Waals surface area contributed by atoms with Crippen molar-refractivity contribution in [3.05, 3.63) is 50.8 Å². The number of methoxy groups -OCH3 is 2. The highest BCUT2D eigenvalue weighted by Crippen LogP contribution is 2.31. The van der Waals surface area contributed by atoms with Crippen molar-refractivity contribution in [1.82, 2.24) is 0 Å². The largest absolute Gasteiger partial charge is 0.493 e. The Balaban J connectivity index is 2.35. The average molecular weight is 415 g/mol. The molecule has 0 atom stereocenters. The Morgan fingerprint density at radius 3 is 2.41 bits per heavy atom. The minimum absolute atomic E-state index is 0.149. The standard InChI is InChI=1S/C16H15FINO3/c1-9-4-5-11(17)13(6-9)19-16(20)10-7-14(21-2)15(22-3)8-12(10)18/h4-8H,1-3H3,(H,19,20). The summed E-state index contributed by atoms with van der Waals surface area (Å²) < 4.78 is 24.8. The van der Waals surface area contributed by atoms with Crippen molar-refractivity contribution in [3.8, 4) is 11.5 Å². The number of anilines is 1. The molecule has 0 heterocycles. The van der Waals surface area contributed by atoms with Crippen LogP contribution in [0.15, 0.2) is 30.3 Å². The Kier molecular flexibility index (Phi) is 5.23. The van der Waals surface area contributed by atoms with Gasteiger partial charge in [-0.3, -0.25) is 4.79 Å². The molecular weight excluding hydrogens is 400 g/mol. The summed E-state index contributed by atoms with van der Waals surface area (Å²) in [5, 5.41) is 2.58. The molecule has 2 rings (SSSR count). The van der Waals surface area contributed by atoms with E-state index in [9.17, 15) is 9.18 Å². The van der Waals surface area contributed by atoms with E-state index < -0.39 is 11.7 Å². The van der Waals surface area contributed by atoms with E-state index in [2.05, 4.69) is 5.32 Å². The average Bonchev–Trinajstić information content (AvgIpc) is 2.50. The van der Waals surface area contributed by atoms with Crippen molar-refractivity contribution in [2.24, 2.45) is 0 Å². The summed E-state index contributed by atoms with van der Waals surface area (Å²) in [5.41, 5.74) is 1.40. The zero-order chi connectivity index (χ0) is 16.3. The zero-order valence-electron chi connectivity index (χ0n) is 12.4. The van der Waals surface area contributed by atoms with Gasteiger partial charge in [-0.1, -0.05) is 6.07 Å². The van der Waals surface area contributed by atoms with Gasteiger partial charge in [0.15, 0.2) is 11.5 Å². The molecule has 0 aromatic heterocycles. The number of ether oxygens (including phenoxy) is 2. The summed E-state index contributed by atoms with van der Waals surface area (Å²) >= 11 is 2.03. The molecule has 0 radical (unpaired) electrons. The molecule has 2 aromatic rings. The molecule has 0 spiro atoms. The highest BCUT2D eigenvalue weighted by Gasteiger charge is 2.16. The van der Waals surface area contributed by atoms with Crippen molar-refractivity contribution in [2.45, 2.75) is 6.92 Å². The molecule has 0 fully saturated rings. The second kappa shape index (κ2) is 6.95. The maximum atomic E-state index is 13.7. The number of rotatable bonds is 4. The smallest absolute Gasteiger partial charge is 0.256 e. The van der Waals surface area contributed by atoms with E-state index in [0.29, 0.717) is 20.6 Å². The first kappa shape index (κ1) is 16.5. The fourth-order valence-corrected chi connectivity index (χ4v) is 2.64. The molecule has 0 bridgehead atoms. The summed E-state index contributed by atoms with van der Waals surface area (Å²) in [6.45, 7) is 1.83. The lowest BCUT2D eigenvalue weighted by Gasteiger charge is -2.12. The lowest BCUT2D eigenvalue weighted by atomic mass is 10.1. The van der Waals surface area contributed by atoms with E-state index in [1.807, 2.05) is 29.5 Å². The third kappa shape index (κ3) is 3.49. The van der Waals surface area contributed by atoms with Crippen molar-refractivity contribution in [2.75, 3.05) is 19.5 Å². The fraction of sp³-hybridized carbons (Fsp3) is 0.188. The zero-order valence-corrected chi connectivity index (χ0v) is 14.5. The lowest BCUT2D eigenvalue weighted by molar-refractivity contribution is 0.102. The molecule has 0 saturated carbocycles. The molecule has 6 heteroatoms. The predicted molar refractivity (Wildman–Crippen MR) is 91.4 cm³/mol. The van der Waals surface area contributed by atoms with Gasteiger partial charge >= 0.3 is 0 Å². The molecule has 4 nitrogen and oxygen atoms in total. The van der Waals surface area contributed by atoms with E-state index in [0.717, 1.165) is 5.56 Å². The number of hydrogen-bond donors (Lipinski definition) is 1. The van der Waals surface area contributed by atoms with Gasteiger partial charge in [0.2, 0.25) is 0 Å². The summed E-state index contributed by atoms with van der Waals surface area (Å²) in [6, 6.07) is 7.82. The number of halogens is 2. The molecule has 0 unspecified atom stereocenters. The summed E-state index contributed by atoms with van der Waals surface area (Å²) in [4.78, 5) is 12.4. The normalized spacial score (nSPS) is 10.2. The molecule has 0 aliphatic heterocycles. The molecule has 1 N–H and O–H groups in total. The number of aryl methyl sites for hydroxylation is 1. The molecule has 22 heavy (non-hydrogen) atoms. The SMILES string of the molecule is COc1cc(I)c(C(=O)Nc2cc(C)ccc2F)cc1OC. The highest BCUT2D eigenvalue weighted by atomic mass is 127. The number of amides is 1. The summed E-state index contributed by atoms with van der Waals surface area (Å²) in [6.07, 6.45) is 0. The first-order valence-corrected chi connectivity index (χ1v) is 7.53. The summed E-state index contributed by atoms with van der Waals surface area (Å²) in [7, 11) is 3.02. The molecule has 2 aromatic carbocycles. The van der Waals surface area contributed by atoms with Crippen molar-refractivity contribution >= 4 is 34.2 Å². The van der Waals surface area contributed by atoms with E-state index in [1.165, 1.54) is 20.3 Å². The quantitative estimate of drug-likeness (QED) is 0.768. The molecule has 116 valence electrons. The number of benzene rings is 2. The van der Waals surface area contributed by atoms with E-state index in [-0.39, 0.29) is 5.69 Å². The topological polar surface area (TPSA) is 47.6 Å². The molecule has 1 amide bonds. The predicted octanol–water partition coefficient (Wildman–Crippen LogP) is 4.01. The van der Waals surface area contributed by atoms with Crippen LogP contribution in [-0.4, -0.2) is 20.1 Å². The van der Waals surface area contributed by atoms with Crippen LogP contribution in [0.3, 0.4) is 0 Å². The fourth-order valence-electron chi connectivity index (χ4n) is 1.95. The monoisotopic (exact) mass is 415 g/mol. The van der Waals surface area contributed by atoms with Crippen LogP contribution in [0.1, 0.15) is 15.9 Å². The van der Waals surface area contributed by atoms with Crippen LogP contribution >= 0.6 is 22.6 Å². The van der Waals surface area contributed by atoms with Gasteiger partial charge in [-0.25, -0.2) is 4.39 Å². The van der Waals surface area contributed by atoms with Crippen LogP contribution < -0.4 is 14.8 Å². The summed E-state index contributed by atoms with van der Waals surface area (Å²) in [5.74, 6) is 0.0901. The van der Waals surface area contributed by atoms with Gasteiger partial charge < -0.3 is 14.8 Å².